The summed E-state index contributed by atoms with van der Waals surface area (Å²) in [4.78, 5) is 6.56. The SMILES string of the molecule is CN(Cc1cnn(-c2ccccc2)c1)Cc1nc(-c2cccc(Cl)c2)no1. The molecule has 7 heteroatoms. The third-order valence-electron chi connectivity index (χ3n) is 4.07. The number of nitrogens with zero attached hydrogens (tertiary/aromatic N) is 5. The van der Waals surface area contributed by atoms with Crippen molar-refractivity contribution in [2.75, 3.05) is 7.05 Å². The van der Waals surface area contributed by atoms with E-state index in [1.54, 1.807) is 0 Å². The number of hydrogen-bond acceptors (Lipinski definition) is 5. The largest absolute Gasteiger partial charge is 0.338 e. The summed E-state index contributed by atoms with van der Waals surface area (Å²) in [6, 6.07) is 17.4. The molecule has 27 heavy (non-hydrogen) atoms. The van der Waals surface area contributed by atoms with Crippen LogP contribution in [0, 0.1) is 0 Å². The van der Waals surface area contributed by atoms with E-state index in [-0.39, 0.29) is 0 Å². The average molecular weight is 380 g/mol. The van der Waals surface area contributed by atoms with Crippen molar-refractivity contribution in [3.05, 3.63) is 83.5 Å². The highest BCUT2D eigenvalue weighted by Crippen LogP contribution is 2.20. The lowest BCUT2D eigenvalue weighted by Crippen LogP contribution is -2.17. The van der Waals surface area contributed by atoms with Gasteiger partial charge in [-0.25, -0.2) is 4.68 Å². The predicted octanol–water partition coefficient (Wildman–Crippen LogP) is 4.21. The summed E-state index contributed by atoms with van der Waals surface area (Å²) in [5.41, 5.74) is 2.98. The van der Waals surface area contributed by atoms with E-state index in [1.165, 1.54) is 0 Å². The lowest BCUT2D eigenvalue weighted by Gasteiger charge is -2.12. The topological polar surface area (TPSA) is 60.0 Å². The second-order valence-electron chi connectivity index (χ2n) is 6.32. The third-order valence-corrected chi connectivity index (χ3v) is 4.30. The van der Waals surface area contributed by atoms with E-state index in [0.717, 1.165) is 23.4 Å². The molecule has 0 spiro atoms. The van der Waals surface area contributed by atoms with Gasteiger partial charge in [0.05, 0.1) is 18.4 Å². The van der Waals surface area contributed by atoms with Crippen LogP contribution in [0.5, 0.6) is 0 Å². The zero-order valence-corrected chi connectivity index (χ0v) is 15.5. The van der Waals surface area contributed by atoms with Gasteiger partial charge in [0.25, 0.3) is 0 Å². The number of halogens is 1. The second-order valence-corrected chi connectivity index (χ2v) is 6.76. The molecule has 0 fully saturated rings. The number of aromatic nitrogens is 4. The minimum absolute atomic E-state index is 0.540. The first-order valence-corrected chi connectivity index (χ1v) is 8.91. The third kappa shape index (κ3) is 4.24. The average Bonchev–Trinajstić information content (AvgIpc) is 3.32. The first-order chi connectivity index (χ1) is 13.2. The highest BCUT2D eigenvalue weighted by molar-refractivity contribution is 6.30. The van der Waals surface area contributed by atoms with Crippen molar-refractivity contribution in [1.29, 1.82) is 0 Å². The number of hydrogen-bond donors (Lipinski definition) is 0. The van der Waals surface area contributed by atoms with Crippen molar-refractivity contribution < 1.29 is 4.52 Å². The molecular weight excluding hydrogens is 362 g/mol. The van der Waals surface area contributed by atoms with Gasteiger partial charge in [-0.2, -0.15) is 10.1 Å². The zero-order chi connectivity index (χ0) is 18.6. The van der Waals surface area contributed by atoms with Crippen molar-refractivity contribution in [1.82, 2.24) is 24.8 Å². The van der Waals surface area contributed by atoms with E-state index in [0.29, 0.717) is 23.3 Å². The van der Waals surface area contributed by atoms with Gasteiger partial charge < -0.3 is 4.52 Å². The summed E-state index contributed by atoms with van der Waals surface area (Å²) in [6.45, 7) is 1.27. The monoisotopic (exact) mass is 379 g/mol. The fraction of sp³-hybridized carbons (Fsp3) is 0.150. The Hall–Kier alpha value is -2.96. The van der Waals surface area contributed by atoms with Gasteiger partial charge in [-0.05, 0) is 31.3 Å². The van der Waals surface area contributed by atoms with Crippen LogP contribution in [-0.4, -0.2) is 31.9 Å². The van der Waals surface area contributed by atoms with Crippen LogP contribution in [0.15, 0.2) is 71.5 Å². The Morgan fingerprint density at radius 2 is 1.93 bits per heavy atom. The van der Waals surface area contributed by atoms with E-state index < -0.39 is 0 Å². The lowest BCUT2D eigenvalue weighted by molar-refractivity contribution is 0.261. The summed E-state index contributed by atoms with van der Waals surface area (Å²) < 4.78 is 7.24. The summed E-state index contributed by atoms with van der Waals surface area (Å²) in [5.74, 6) is 1.10. The Morgan fingerprint density at radius 3 is 2.74 bits per heavy atom. The highest BCUT2D eigenvalue weighted by Gasteiger charge is 2.12. The maximum Gasteiger partial charge on any atom is 0.241 e. The van der Waals surface area contributed by atoms with Crippen molar-refractivity contribution in [2.24, 2.45) is 0 Å². The molecule has 0 aliphatic rings. The minimum atomic E-state index is 0.540. The molecule has 0 amide bonds. The lowest BCUT2D eigenvalue weighted by atomic mass is 10.2. The fourth-order valence-corrected chi connectivity index (χ4v) is 3.02. The summed E-state index contributed by atoms with van der Waals surface area (Å²) in [7, 11) is 2.00. The van der Waals surface area contributed by atoms with Gasteiger partial charge in [0, 0.05) is 28.9 Å². The summed E-state index contributed by atoms with van der Waals surface area (Å²) in [5, 5.41) is 9.11. The molecule has 0 N–H and O–H groups in total. The molecular formula is C20H18ClN5O. The number of rotatable bonds is 6. The molecule has 0 aliphatic carbocycles. The maximum absolute atomic E-state index is 6.02. The van der Waals surface area contributed by atoms with Crippen LogP contribution in [-0.2, 0) is 13.1 Å². The van der Waals surface area contributed by atoms with Crippen molar-refractivity contribution in [3.8, 4) is 17.1 Å². The Morgan fingerprint density at radius 1 is 1.07 bits per heavy atom. The maximum atomic E-state index is 6.02. The predicted molar refractivity (Wildman–Crippen MR) is 103 cm³/mol. The smallest absolute Gasteiger partial charge is 0.241 e. The standard InChI is InChI=1S/C20H18ClN5O/c1-25(12-15-11-22-26(13-15)18-8-3-2-4-9-18)14-19-23-20(24-27-19)16-6-5-7-17(21)10-16/h2-11,13H,12,14H2,1H3. The molecule has 0 saturated heterocycles. The van der Waals surface area contributed by atoms with Crippen molar-refractivity contribution >= 4 is 11.6 Å². The Kier molecular flexibility index (Phi) is 5.00. The van der Waals surface area contributed by atoms with E-state index in [4.69, 9.17) is 16.1 Å². The molecule has 4 aromatic rings. The Labute approximate surface area is 162 Å². The van der Waals surface area contributed by atoms with E-state index >= 15 is 0 Å². The molecule has 0 saturated carbocycles. The Bertz CT molecular complexity index is 1030. The van der Waals surface area contributed by atoms with Gasteiger partial charge in [-0.3, -0.25) is 4.90 Å². The van der Waals surface area contributed by atoms with Crippen molar-refractivity contribution in [3.63, 3.8) is 0 Å². The van der Waals surface area contributed by atoms with Crippen LogP contribution in [0.1, 0.15) is 11.5 Å². The summed E-state index contributed by atoms with van der Waals surface area (Å²) in [6.07, 6.45) is 3.89. The van der Waals surface area contributed by atoms with E-state index in [1.807, 2.05) is 78.7 Å². The first kappa shape index (κ1) is 17.5. The molecule has 0 atom stereocenters. The Balaban J connectivity index is 1.40. The molecule has 0 bridgehead atoms. The number of benzene rings is 2. The molecule has 0 aliphatic heterocycles. The quantitative estimate of drug-likeness (QED) is 0.502. The molecule has 6 nitrogen and oxygen atoms in total. The molecule has 4 rings (SSSR count). The van der Waals surface area contributed by atoms with E-state index in [9.17, 15) is 0 Å². The van der Waals surface area contributed by atoms with Gasteiger partial charge in [0.15, 0.2) is 0 Å². The van der Waals surface area contributed by atoms with Crippen molar-refractivity contribution in [2.45, 2.75) is 13.1 Å². The van der Waals surface area contributed by atoms with Gasteiger partial charge in [-0.15, -0.1) is 0 Å². The van der Waals surface area contributed by atoms with E-state index in [2.05, 4.69) is 20.1 Å². The van der Waals surface area contributed by atoms with Crippen LogP contribution in [0.2, 0.25) is 5.02 Å². The number of para-hydroxylation sites is 1. The van der Waals surface area contributed by atoms with Gasteiger partial charge in [-0.1, -0.05) is 47.1 Å². The molecule has 2 heterocycles. The fourth-order valence-electron chi connectivity index (χ4n) is 2.83. The van der Waals surface area contributed by atoms with Crippen LogP contribution in [0.25, 0.3) is 17.1 Å². The molecule has 2 aromatic carbocycles. The molecule has 0 radical (unpaired) electrons. The normalized spacial score (nSPS) is 11.2. The van der Waals surface area contributed by atoms with Gasteiger partial charge >= 0.3 is 0 Å². The highest BCUT2D eigenvalue weighted by atomic mass is 35.5. The van der Waals surface area contributed by atoms with Crippen LogP contribution in [0.3, 0.4) is 0 Å². The van der Waals surface area contributed by atoms with Crippen LogP contribution < -0.4 is 0 Å². The molecule has 136 valence electrons. The van der Waals surface area contributed by atoms with Gasteiger partial charge in [0.2, 0.25) is 11.7 Å². The van der Waals surface area contributed by atoms with Gasteiger partial charge in [0.1, 0.15) is 0 Å². The van der Waals surface area contributed by atoms with Crippen LogP contribution in [0.4, 0.5) is 0 Å². The summed E-state index contributed by atoms with van der Waals surface area (Å²) >= 11 is 6.02. The first-order valence-electron chi connectivity index (χ1n) is 8.53. The van der Waals surface area contributed by atoms with Crippen LogP contribution >= 0.6 is 11.6 Å². The molecule has 0 unspecified atom stereocenters. The molecule has 2 aromatic heterocycles. The minimum Gasteiger partial charge on any atom is -0.338 e. The zero-order valence-electron chi connectivity index (χ0n) is 14.8. The second kappa shape index (κ2) is 7.73.